The van der Waals surface area contributed by atoms with Gasteiger partial charge in [-0.15, -0.1) is 5.10 Å². The zero-order valence-electron chi connectivity index (χ0n) is 9.83. The van der Waals surface area contributed by atoms with Crippen LogP contribution in [0.15, 0.2) is 30.6 Å². The van der Waals surface area contributed by atoms with Crippen molar-refractivity contribution in [3.05, 3.63) is 36.2 Å². The summed E-state index contributed by atoms with van der Waals surface area (Å²) in [6.07, 6.45) is 0.806. The van der Waals surface area contributed by atoms with Crippen molar-refractivity contribution in [3.63, 3.8) is 0 Å². The number of ether oxygens (including phenoxy) is 1. The second kappa shape index (κ2) is 5.28. The van der Waals surface area contributed by atoms with Gasteiger partial charge in [-0.3, -0.25) is 10.00 Å². The number of aromatic nitrogens is 3. The Morgan fingerprint density at radius 1 is 1.44 bits per heavy atom. The van der Waals surface area contributed by atoms with Gasteiger partial charge in [0.1, 0.15) is 6.33 Å². The Morgan fingerprint density at radius 3 is 2.72 bits per heavy atom. The highest BCUT2D eigenvalue weighted by atomic mass is 16.6. The van der Waals surface area contributed by atoms with Crippen molar-refractivity contribution in [1.82, 2.24) is 14.8 Å². The summed E-state index contributed by atoms with van der Waals surface area (Å²) in [5.41, 5.74) is 7.08. The molecular formula is C11H13N5O2. The molecule has 1 aromatic heterocycles. The van der Waals surface area contributed by atoms with Gasteiger partial charge in [0.25, 0.3) is 0 Å². The van der Waals surface area contributed by atoms with Crippen molar-refractivity contribution >= 4 is 11.8 Å². The minimum Gasteiger partial charge on any atom is -0.373 e. The number of carbonyl (C=O) groups is 1. The molecule has 94 valence electrons. The first kappa shape index (κ1) is 12.1. The van der Waals surface area contributed by atoms with Crippen LogP contribution in [-0.2, 0) is 13.6 Å². The van der Waals surface area contributed by atoms with Crippen LogP contribution in [0.3, 0.4) is 0 Å². The number of carbonyl (C=O) groups excluding carboxylic acids is 1. The minimum atomic E-state index is -0.637. The standard InChI is InChI=1S/C11H13N5O2/c1-16-7-13-10(15-16)18-11(17)14-9-4-2-8(6-12)3-5-9/h2-5,7H,6,12H2,1H3,(H,14,17). The summed E-state index contributed by atoms with van der Waals surface area (Å²) in [5.74, 6) is 0. The number of aryl methyl sites for hydroxylation is 1. The van der Waals surface area contributed by atoms with Crippen LogP contribution < -0.4 is 15.8 Å². The highest BCUT2D eigenvalue weighted by Crippen LogP contribution is 2.10. The smallest absolute Gasteiger partial charge is 0.373 e. The first-order valence-corrected chi connectivity index (χ1v) is 5.31. The average Bonchev–Trinajstić information content (AvgIpc) is 2.75. The monoisotopic (exact) mass is 247 g/mol. The van der Waals surface area contributed by atoms with Crippen molar-refractivity contribution < 1.29 is 9.53 Å². The van der Waals surface area contributed by atoms with Crippen molar-refractivity contribution in [2.24, 2.45) is 12.8 Å². The molecule has 1 amide bonds. The van der Waals surface area contributed by atoms with Gasteiger partial charge in [-0.1, -0.05) is 12.1 Å². The molecule has 2 rings (SSSR count). The van der Waals surface area contributed by atoms with Crippen molar-refractivity contribution in [2.45, 2.75) is 6.54 Å². The fourth-order valence-corrected chi connectivity index (χ4v) is 1.32. The number of hydrogen-bond acceptors (Lipinski definition) is 5. The van der Waals surface area contributed by atoms with Gasteiger partial charge in [-0.05, 0) is 17.7 Å². The molecule has 0 radical (unpaired) electrons. The summed E-state index contributed by atoms with van der Waals surface area (Å²) in [5, 5.41) is 6.39. The zero-order valence-corrected chi connectivity index (χ0v) is 9.83. The number of nitrogens with two attached hydrogens (primary N) is 1. The van der Waals surface area contributed by atoms with E-state index in [1.165, 1.54) is 11.0 Å². The molecule has 3 N–H and O–H groups in total. The summed E-state index contributed by atoms with van der Waals surface area (Å²) >= 11 is 0. The maximum atomic E-state index is 11.5. The number of anilines is 1. The fraction of sp³-hybridized carbons (Fsp3) is 0.182. The van der Waals surface area contributed by atoms with E-state index in [0.717, 1.165) is 5.56 Å². The van der Waals surface area contributed by atoms with Gasteiger partial charge in [0, 0.05) is 19.3 Å². The number of nitrogens with one attached hydrogen (secondary N) is 1. The van der Waals surface area contributed by atoms with Crippen LogP contribution in [0.1, 0.15) is 5.56 Å². The number of benzene rings is 1. The van der Waals surface area contributed by atoms with Gasteiger partial charge < -0.3 is 10.5 Å². The zero-order chi connectivity index (χ0) is 13.0. The molecule has 0 saturated carbocycles. The molecule has 0 aliphatic carbocycles. The third-order valence-electron chi connectivity index (χ3n) is 2.20. The van der Waals surface area contributed by atoms with E-state index >= 15 is 0 Å². The van der Waals surface area contributed by atoms with Crippen LogP contribution in [0.4, 0.5) is 10.5 Å². The molecular weight excluding hydrogens is 234 g/mol. The van der Waals surface area contributed by atoms with Crippen LogP contribution in [0, 0.1) is 0 Å². The summed E-state index contributed by atoms with van der Waals surface area (Å²) in [6, 6.07) is 7.15. The third-order valence-corrected chi connectivity index (χ3v) is 2.20. The van der Waals surface area contributed by atoms with E-state index in [9.17, 15) is 4.79 Å². The van der Waals surface area contributed by atoms with Gasteiger partial charge in [-0.2, -0.15) is 4.98 Å². The second-order valence-electron chi connectivity index (χ2n) is 3.62. The van der Waals surface area contributed by atoms with Gasteiger partial charge in [-0.25, -0.2) is 4.79 Å². The highest BCUT2D eigenvalue weighted by molar-refractivity contribution is 5.85. The number of rotatable bonds is 3. The number of amides is 1. The van der Waals surface area contributed by atoms with Crippen molar-refractivity contribution in [1.29, 1.82) is 0 Å². The highest BCUT2D eigenvalue weighted by Gasteiger charge is 2.08. The molecule has 7 heteroatoms. The molecule has 0 atom stereocenters. The molecule has 0 saturated heterocycles. The normalized spacial score (nSPS) is 10.1. The van der Waals surface area contributed by atoms with E-state index in [2.05, 4.69) is 15.4 Å². The Balaban J connectivity index is 1.94. The maximum absolute atomic E-state index is 11.5. The van der Waals surface area contributed by atoms with E-state index in [1.807, 2.05) is 12.1 Å². The van der Waals surface area contributed by atoms with Gasteiger partial charge in [0.15, 0.2) is 0 Å². The minimum absolute atomic E-state index is 0.00794. The molecule has 18 heavy (non-hydrogen) atoms. The molecule has 0 bridgehead atoms. The largest absolute Gasteiger partial charge is 0.419 e. The average molecular weight is 247 g/mol. The predicted molar refractivity (Wildman–Crippen MR) is 65.0 cm³/mol. The lowest BCUT2D eigenvalue weighted by Crippen LogP contribution is -2.17. The van der Waals surface area contributed by atoms with Crippen LogP contribution in [0.5, 0.6) is 6.01 Å². The lowest BCUT2D eigenvalue weighted by Gasteiger charge is -2.04. The lowest BCUT2D eigenvalue weighted by molar-refractivity contribution is 0.211. The molecule has 0 aliphatic heterocycles. The van der Waals surface area contributed by atoms with Gasteiger partial charge in [0.05, 0.1) is 0 Å². The van der Waals surface area contributed by atoms with Crippen LogP contribution >= 0.6 is 0 Å². The quantitative estimate of drug-likeness (QED) is 0.839. The second-order valence-corrected chi connectivity index (χ2v) is 3.62. The Hall–Kier alpha value is -2.41. The van der Waals surface area contributed by atoms with Crippen molar-refractivity contribution in [2.75, 3.05) is 5.32 Å². The molecule has 1 heterocycles. The molecule has 0 fully saturated rings. The Kier molecular flexibility index (Phi) is 3.54. The Morgan fingerprint density at radius 2 is 2.17 bits per heavy atom. The molecule has 0 spiro atoms. The van der Waals surface area contributed by atoms with E-state index in [4.69, 9.17) is 10.5 Å². The van der Waals surface area contributed by atoms with Gasteiger partial charge >= 0.3 is 12.1 Å². The molecule has 2 aromatic rings. The first-order valence-electron chi connectivity index (χ1n) is 5.31. The number of nitrogens with zero attached hydrogens (tertiary/aromatic N) is 3. The summed E-state index contributed by atoms with van der Waals surface area (Å²) in [7, 11) is 1.68. The van der Waals surface area contributed by atoms with Crippen LogP contribution in [-0.4, -0.2) is 20.9 Å². The van der Waals surface area contributed by atoms with Crippen LogP contribution in [0.25, 0.3) is 0 Å². The van der Waals surface area contributed by atoms with Crippen molar-refractivity contribution in [3.8, 4) is 6.01 Å². The van der Waals surface area contributed by atoms with E-state index in [0.29, 0.717) is 12.2 Å². The fourth-order valence-electron chi connectivity index (χ4n) is 1.32. The Labute approximate surface area is 104 Å². The molecule has 7 nitrogen and oxygen atoms in total. The molecule has 0 aliphatic rings. The first-order chi connectivity index (χ1) is 8.67. The Bertz CT molecular complexity index is 535. The van der Waals surface area contributed by atoms with Crippen LogP contribution in [0.2, 0.25) is 0 Å². The topological polar surface area (TPSA) is 95.1 Å². The maximum Gasteiger partial charge on any atom is 0.419 e. The van der Waals surface area contributed by atoms with E-state index in [-0.39, 0.29) is 6.01 Å². The molecule has 0 unspecified atom stereocenters. The van der Waals surface area contributed by atoms with E-state index < -0.39 is 6.09 Å². The lowest BCUT2D eigenvalue weighted by atomic mass is 10.2. The summed E-state index contributed by atoms with van der Waals surface area (Å²) in [4.78, 5) is 15.3. The van der Waals surface area contributed by atoms with Gasteiger partial charge in [0.2, 0.25) is 0 Å². The summed E-state index contributed by atoms with van der Waals surface area (Å²) < 4.78 is 6.32. The summed E-state index contributed by atoms with van der Waals surface area (Å²) in [6.45, 7) is 0.461. The predicted octanol–water partition coefficient (Wildman–Crippen LogP) is 0.885. The third kappa shape index (κ3) is 3.05. The number of hydrogen-bond donors (Lipinski definition) is 2. The SMILES string of the molecule is Cn1cnc(OC(=O)Nc2ccc(CN)cc2)n1. The van der Waals surface area contributed by atoms with E-state index in [1.54, 1.807) is 19.2 Å². The molecule has 1 aromatic carbocycles.